The molecule has 24 heavy (non-hydrogen) atoms. The fraction of sp³-hybridized carbons (Fsp3) is 0.353. The van der Waals surface area contributed by atoms with Gasteiger partial charge in [0.1, 0.15) is 12.1 Å². The van der Waals surface area contributed by atoms with Crippen molar-refractivity contribution < 1.29 is 9.84 Å². The summed E-state index contributed by atoms with van der Waals surface area (Å²) in [6.07, 6.45) is 4.21. The zero-order valence-electron chi connectivity index (χ0n) is 13.4. The predicted octanol–water partition coefficient (Wildman–Crippen LogP) is 1.40. The second-order valence-corrected chi connectivity index (χ2v) is 5.91. The minimum absolute atomic E-state index is 0.00637. The molecule has 4 rings (SSSR count). The van der Waals surface area contributed by atoms with Gasteiger partial charge in [0.2, 0.25) is 0 Å². The molecule has 1 aromatic carbocycles. The van der Waals surface area contributed by atoms with Crippen molar-refractivity contribution in [2.45, 2.75) is 18.6 Å². The maximum atomic E-state index is 9.70. The normalized spacial score (nSPS) is 20.8. The molecule has 1 aliphatic heterocycles. The van der Waals surface area contributed by atoms with Crippen molar-refractivity contribution >= 4 is 16.9 Å². The first-order chi connectivity index (χ1) is 11.8. The molecule has 0 bridgehead atoms. The highest BCUT2D eigenvalue weighted by Crippen LogP contribution is 2.30. The summed E-state index contributed by atoms with van der Waals surface area (Å²) in [6.45, 7) is 0.766. The lowest BCUT2D eigenvalue weighted by atomic mass is 10.2. The lowest BCUT2D eigenvalue weighted by molar-refractivity contribution is 0.115. The maximum absolute atomic E-state index is 9.70. The van der Waals surface area contributed by atoms with Gasteiger partial charge in [-0.15, -0.1) is 0 Å². The van der Waals surface area contributed by atoms with Crippen LogP contribution in [0.3, 0.4) is 0 Å². The Morgan fingerprint density at radius 1 is 1.25 bits per heavy atom. The van der Waals surface area contributed by atoms with Gasteiger partial charge in [-0.3, -0.25) is 0 Å². The number of anilines is 1. The number of aliphatic hydroxyl groups is 1. The molecule has 7 heteroatoms. The van der Waals surface area contributed by atoms with Gasteiger partial charge in [0.25, 0.3) is 0 Å². The Morgan fingerprint density at radius 3 is 2.83 bits per heavy atom. The fourth-order valence-corrected chi connectivity index (χ4v) is 3.30. The first kappa shape index (κ1) is 15.0. The summed E-state index contributed by atoms with van der Waals surface area (Å²) in [6, 6.07) is 9.88. The van der Waals surface area contributed by atoms with E-state index in [9.17, 15) is 5.11 Å². The quantitative estimate of drug-likeness (QED) is 0.781. The summed E-state index contributed by atoms with van der Waals surface area (Å²) < 4.78 is 7.27. The number of methoxy groups -OCH3 is 1. The molecule has 1 fully saturated rings. The molecule has 0 unspecified atom stereocenters. The topological polar surface area (TPSA) is 76.3 Å². The van der Waals surface area contributed by atoms with Crippen molar-refractivity contribution in [2.24, 2.45) is 0 Å². The van der Waals surface area contributed by atoms with Crippen molar-refractivity contribution in [3.05, 3.63) is 42.9 Å². The van der Waals surface area contributed by atoms with Gasteiger partial charge in [-0.25, -0.2) is 14.6 Å². The molecule has 0 spiro atoms. The molecule has 2 aromatic heterocycles. The fourth-order valence-electron chi connectivity index (χ4n) is 3.30. The second kappa shape index (κ2) is 6.18. The van der Waals surface area contributed by atoms with E-state index in [1.165, 1.54) is 0 Å². The Kier molecular flexibility index (Phi) is 3.87. The van der Waals surface area contributed by atoms with Gasteiger partial charge in [-0.1, -0.05) is 18.2 Å². The van der Waals surface area contributed by atoms with Crippen LogP contribution in [0.25, 0.3) is 16.7 Å². The highest BCUT2D eigenvalue weighted by Gasteiger charge is 2.33. The zero-order valence-corrected chi connectivity index (χ0v) is 13.4. The lowest BCUT2D eigenvalue weighted by Crippen LogP contribution is -2.33. The zero-order chi connectivity index (χ0) is 16.5. The van der Waals surface area contributed by atoms with E-state index >= 15 is 0 Å². The van der Waals surface area contributed by atoms with E-state index in [1.807, 2.05) is 30.3 Å². The molecule has 0 radical (unpaired) electrons. The number of hydrogen-bond acceptors (Lipinski definition) is 6. The van der Waals surface area contributed by atoms with Crippen LogP contribution in [0.15, 0.2) is 42.9 Å². The molecular formula is C17H19N5O2. The van der Waals surface area contributed by atoms with E-state index < -0.39 is 0 Å². The first-order valence-electron chi connectivity index (χ1n) is 7.96. The van der Waals surface area contributed by atoms with E-state index in [2.05, 4.69) is 20.0 Å². The Morgan fingerprint density at radius 2 is 2.08 bits per heavy atom. The molecule has 3 heterocycles. The summed E-state index contributed by atoms with van der Waals surface area (Å²) >= 11 is 0. The molecule has 124 valence electrons. The van der Waals surface area contributed by atoms with Crippen LogP contribution in [0, 0.1) is 0 Å². The third-order valence-corrected chi connectivity index (χ3v) is 4.54. The SMILES string of the molecule is CO[C@H]1C[C@@H](CO)N(c2ncnc3c2cnn3-c2ccccc2)C1. The smallest absolute Gasteiger partial charge is 0.168 e. The van der Waals surface area contributed by atoms with Crippen molar-refractivity contribution in [1.29, 1.82) is 0 Å². The van der Waals surface area contributed by atoms with Crippen molar-refractivity contribution in [2.75, 3.05) is 25.2 Å². The molecule has 3 aromatic rings. The Bertz CT molecular complexity index is 835. The predicted molar refractivity (Wildman–Crippen MR) is 90.3 cm³/mol. The molecule has 2 atom stereocenters. The molecule has 0 amide bonds. The van der Waals surface area contributed by atoms with Crippen LogP contribution < -0.4 is 4.90 Å². The van der Waals surface area contributed by atoms with Gasteiger partial charge < -0.3 is 14.7 Å². The van der Waals surface area contributed by atoms with Crippen LogP contribution in [0.1, 0.15) is 6.42 Å². The van der Waals surface area contributed by atoms with Crippen LogP contribution in [0.5, 0.6) is 0 Å². The number of para-hydroxylation sites is 1. The van der Waals surface area contributed by atoms with Gasteiger partial charge in [0, 0.05) is 13.7 Å². The standard InChI is InChI=1S/C17H19N5O2/c1-24-14-7-13(10-23)21(9-14)16-15-8-20-22(17(15)19-11-18-16)12-5-3-2-4-6-12/h2-6,8,11,13-14,23H,7,9-10H2,1H3/t13-,14-/m0/s1. The van der Waals surface area contributed by atoms with Crippen LogP contribution in [0.2, 0.25) is 0 Å². The summed E-state index contributed by atoms with van der Waals surface area (Å²) in [5.74, 6) is 0.792. The number of rotatable bonds is 4. The van der Waals surface area contributed by atoms with Crippen LogP contribution in [0.4, 0.5) is 5.82 Å². The third kappa shape index (κ3) is 2.42. The minimum atomic E-state index is -0.00637. The van der Waals surface area contributed by atoms with E-state index in [4.69, 9.17) is 4.74 Å². The van der Waals surface area contributed by atoms with E-state index in [-0.39, 0.29) is 18.8 Å². The number of aliphatic hydroxyl groups excluding tert-OH is 1. The van der Waals surface area contributed by atoms with E-state index in [1.54, 1.807) is 24.3 Å². The molecular weight excluding hydrogens is 306 g/mol. The molecule has 0 saturated carbocycles. The highest BCUT2D eigenvalue weighted by atomic mass is 16.5. The van der Waals surface area contributed by atoms with Crippen LogP contribution in [-0.4, -0.2) is 57.3 Å². The van der Waals surface area contributed by atoms with Crippen LogP contribution in [-0.2, 0) is 4.74 Å². The summed E-state index contributed by atoms with van der Waals surface area (Å²) in [5.41, 5.74) is 1.70. The van der Waals surface area contributed by atoms with Gasteiger partial charge in [0.15, 0.2) is 5.65 Å². The second-order valence-electron chi connectivity index (χ2n) is 5.91. The number of ether oxygens (including phenoxy) is 1. The molecule has 1 saturated heterocycles. The lowest BCUT2D eigenvalue weighted by Gasteiger charge is -2.24. The molecule has 7 nitrogen and oxygen atoms in total. The largest absolute Gasteiger partial charge is 0.394 e. The summed E-state index contributed by atoms with van der Waals surface area (Å²) in [7, 11) is 1.70. The number of fused-ring (bicyclic) bond motifs is 1. The van der Waals surface area contributed by atoms with Crippen LogP contribution >= 0.6 is 0 Å². The number of aromatic nitrogens is 4. The third-order valence-electron chi connectivity index (χ3n) is 4.54. The number of benzene rings is 1. The average Bonchev–Trinajstić information content (AvgIpc) is 3.26. The average molecular weight is 325 g/mol. The van der Waals surface area contributed by atoms with Crippen molar-refractivity contribution in [3.8, 4) is 5.69 Å². The van der Waals surface area contributed by atoms with E-state index in [0.29, 0.717) is 6.54 Å². The summed E-state index contributed by atoms with van der Waals surface area (Å²) in [5, 5.41) is 15.1. The monoisotopic (exact) mass is 325 g/mol. The molecule has 1 N–H and O–H groups in total. The Labute approximate surface area is 139 Å². The number of nitrogens with zero attached hydrogens (tertiary/aromatic N) is 5. The Hall–Kier alpha value is -2.51. The Balaban J connectivity index is 1.79. The van der Waals surface area contributed by atoms with Crippen molar-refractivity contribution in [1.82, 2.24) is 19.7 Å². The first-order valence-corrected chi connectivity index (χ1v) is 7.96. The van der Waals surface area contributed by atoms with E-state index in [0.717, 1.165) is 29.0 Å². The van der Waals surface area contributed by atoms with Gasteiger partial charge in [0.05, 0.1) is 36.0 Å². The molecule has 1 aliphatic rings. The van der Waals surface area contributed by atoms with Gasteiger partial charge in [-0.05, 0) is 18.6 Å². The molecule has 0 aliphatic carbocycles. The minimum Gasteiger partial charge on any atom is -0.394 e. The van der Waals surface area contributed by atoms with Crippen molar-refractivity contribution in [3.63, 3.8) is 0 Å². The maximum Gasteiger partial charge on any atom is 0.168 e. The number of hydrogen-bond donors (Lipinski definition) is 1. The highest BCUT2D eigenvalue weighted by molar-refractivity contribution is 5.88. The van der Waals surface area contributed by atoms with Gasteiger partial charge in [-0.2, -0.15) is 5.10 Å². The summed E-state index contributed by atoms with van der Waals surface area (Å²) in [4.78, 5) is 11.0. The van der Waals surface area contributed by atoms with Gasteiger partial charge >= 0.3 is 0 Å².